The average Bonchev–Trinajstić information content (AvgIpc) is 2.80. The molecule has 0 saturated carbocycles. The predicted molar refractivity (Wildman–Crippen MR) is 73.6 cm³/mol. The third-order valence-corrected chi connectivity index (χ3v) is 3.78. The Morgan fingerprint density at radius 2 is 1.72 bits per heavy atom. The van der Waals surface area contributed by atoms with Crippen LogP contribution in [-0.4, -0.2) is 11.7 Å². The van der Waals surface area contributed by atoms with E-state index in [-0.39, 0.29) is 12.1 Å². The molecule has 0 bridgehead atoms. The van der Waals surface area contributed by atoms with E-state index in [0.29, 0.717) is 0 Å². The summed E-state index contributed by atoms with van der Waals surface area (Å²) in [4.78, 5) is 0. The molecule has 0 saturated heterocycles. The molecule has 2 aromatic carbocycles. The first-order valence-electron chi connectivity index (χ1n) is 6.36. The summed E-state index contributed by atoms with van der Waals surface area (Å²) in [7, 11) is 0. The van der Waals surface area contributed by atoms with Crippen LogP contribution in [0.2, 0.25) is 0 Å². The van der Waals surface area contributed by atoms with Gasteiger partial charge in [-0.3, -0.25) is 0 Å². The van der Waals surface area contributed by atoms with E-state index >= 15 is 0 Å². The molecule has 0 fully saturated rings. The summed E-state index contributed by atoms with van der Waals surface area (Å²) in [5, 5.41) is 13.4. The van der Waals surface area contributed by atoms with Gasteiger partial charge in [-0.1, -0.05) is 42.5 Å². The Bertz CT molecular complexity index is 538. The topological polar surface area (TPSA) is 32.3 Å². The molecule has 1 atom stereocenters. The van der Waals surface area contributed by atoms with E-state index in [1.165, 1.54) is 11.1 Å². The van der Waals surface area contributed by atoms with Gasteiger partial charge in [0.05, 0.1) is 12.1 Å². The van der Waals surface area contributed by atoms with Gasteiger partial charge in [-0.05, 0) is 36.1 Å². The molecule has 92 valence electrons. The zero-order valence-electron chi connectivity index (χ0n) is 10.3. The van der Waals surface area contributed by atoms with Crippen LogP contribution in [0.5, 0.6) is 0 Å². The third kappa shape index (κ3) is 1.79. The molecule has 2 heteroatoms. The van der Waals surface area contributed by atoms with Crippen molar-refractivity contribution >= 4 is 5.69 Å². The van der Waals surface area contributed by atoms with Crippen LogP contribution in [0, 0.1) is 0 Å². The van der Waals surface area contributed by atoms with E-state index in [2.05, 4.69) is 23.5 Å². The number of hydrogen-bond acceptors (Lipinski definition) is 2. The molecular formula is C16H17NO. The number of para-hydroxylation sites is 1. The molecular weight excluding hydrogens is 222 g/mol. The summed E-state index contributed by atoms with van der Waals surface area (Å²) in [5.41, 5.74) is 3.31. The van der Waals surface area contributed by atoms with E-state index in [1.807, 2.05) is 36.4 Å². The third-order valence-electron chi connectivity index (χ3n) is 3.78. The number of aliphatic hydroxyl groups is 1. The summed E-state index contributed by atoms with van der Waals surface area (Å²) >= 11 is 0. The van der Waals surface area contributed by atoms with Crippen molar-refractivity contribution in [3.8, 4) is 0 Å². The Labute approximate surface area is 107 Å². The number of hydrogen-bond donors (Lipinski definition) is 2. The molecule has 0 spiro atoms. The van der Waals surface area contributed by atoms with Gasteiger partial charge in [0, 0.05) is 5.69 Å². The van der Waals surface area contributed by atoms with Gasteiger partial charge in [0.15, 0.2) is 0 Å². The number of anilines is 1. The van der Waals surface area contributed by atoms with Crippen molar-refractivity contribution in [1.82, 2.24) is 0 Å². The molecule has 0 radical (unpaired) electrons. The first-order valence-corrected chi connectivity index (χ1v) is 6.36. The SMILES string of the molecule is OCC1(Nc2ccccc2)CCc2ccccc21. The van der Waals surface area contributed by atoms with Crippen LogP contribution in [0.1, 0.15) is 17.5 Å². The minimum Gasteiger partial charge on any atom is -0.394 e. The van der Waals surface area contributed by atoms with Gasteiger partial charge in [-0.25, -0.2) is 0 Å². The number of benzene rings is 2. The molecule has 1 aliphatic rings. The Balaban J connectivity index is 1.98. The van der Waals surface area contributed by atoms with Crippen LogP contribution in [0.15, 0.2) is 54.6 Å². The summed E-state index contributed by atoms with van der Waals surface area (Å²) in [5.74, 6) is 0. The van der Waals surface area contributed by atoms with Crippen LogP contribution in [0.3, 0.4) is 0 Å². The Hall–Kier alpha value is -1.80. The number of aryl methyl sites for hydroxylation is 1. The normalized spacial score (nSPS) is 21.6. The summed E-state index contributed by atoms with van der Waals surface area (Å²) in [6.07, 6.45) is 1.97. The van der Waals surface area contributed by atoms with Crippen LogP contribution in [0.4, 0.5) is 5.69 Å². The summed E-state index contributed by atoms with van der Waals surface area (Å²) in [6, 6.07) is 18.5. The lowest BCUT2D eigenvalue weighted by atomic mass is 9.92. The first kappa shape index (κ1) is 11.3. The maximum absolute atomic E-state index is 9.86. The van der Waals surface area contributed by atoms with E-state index in [0.717, 1.165) is 18.5 Å². The lowest BCUT2D eigenvalue weighted by molar-refractivity contribution is 0.212. The van der Waals surface area contributed by atoms with Crippen molar-refractivity contribution in [3.05, 3.63) is 65.7 Å². The van der Waals surface area contributed by atoms with Crippen molar-refractivity contribution in [2.24, 2.45) is 0 Å². The lowest BCUT2D eigenvalue weighted by Crippen LogP contribution is -2.36. The number of aliphatic hydroxyl groups excluding tert-OH is 1. The summed E-state index contributed by atoms with van der Waals surface area (Å²) in [6.45, 7) is 0.124. The maximum atomic E-state index is 9.86. The minimum absolute atomic E-state index is 0.124. The minimum atomic E-state index is -0.321. The van der Waals surface area contributed by atoms with Crippen LogP contribution in [0.25, 0.3) is 0 Å². The second-order valence-electron chi connectivity index (χ2n) is 4.89. The molecule has 2 N–H and O–H groups in total. The highest BCUT2D eigenvalue weighted by Crippen LogP contribution is 2.39. The van der Waals surface area contributed by atoms with Crippen LogP contribution >= 0.6 is 0 Å². The molecule has 0 aromatic heterocycles. The average molecular weight is 239 g/mol. The molecule has 2 nitrogen and oxygen atoms in total. The van der Waals surface area contributed by atoms with E-state index in [4.69, 9.17) is 0 Å². The highest BCUT2D eigenvalue weighted by molar-refractivity contribution is 5.51. The Morgan fingerprint density at radius 1 is 1.00 bits per heavy atom. The molecule has 1 unspecified atom stereocenters. The number of nitrogens with one attached hydrogen (secondary N) is 1. The monoisotopic (exact) mass is 239 g/mol. The quantitative estimate of drug-likeness (QED) is 0.863. The van der Waals surface area contributed by atoms with E-state index < -0.39 is 0 Å². The highest BCUT2D eigenvalue weighted by Gasteiger charge is 2.37. The molecule has 0 aliphatic heterocycles. The van der Waals surface area contributed by atoms with E-state index in [1.54, 1.807) is 0 Å². The van der Waals surface area contributed by atoms with Crippen LogP contribution < -0.4 is 5.32 Å². The first-order chi connectivity index (χ1) is 8.84. The van der Waals surface area contributed by atoms with Gasteiger partial charge in [-0.2, -0.15) is 0 Å². The zero-order chi connectivity index (χ0) is 12.4. The van der Waals surface area contributed by atoms with E-state index in [9.17, 15) is 5.11 Å². The van der Waals surface area contributed by atoms with Crippen molar-refractivity contribution in [2.45, 2.75) is 18.4 Å². The lowest BCUT2D eigenvalue weighted by Gasteiger charge is -2.31. The second-order valence-corrected chi connectivity index (χ2v) is 4.89. The standard InChI is InChI=1S/C16H17NO/c18-12-16(17-14-7-2-1-3-8-14)11-10-13-6-4-5-9-15(13)16/h1-9,17-18H,10-12H2. The van der Waals surface area contributed by atoms with Gasteiger partial charge in [-0.15, -0.1) is 0 Å². The molecule has 1 aliphatic carbocycles. The van der Waals surface area contributed by atoms with Gasteiger partial charge in [0.1, 0.15) is 0 Å². The maximum Gasteiger partial charge on any atom is 0.0862 e. The van der Waals surface area contributed by atoms with Crippen molar-refractivity contribution < 1.29 is 5.11 Å². The molecule has 3 rings (SSSR count). The van der Waals surface area contributed by atoms with Crippen molar-refractivity contribution in [3.63, 3.8) is 0 Å². The number of fused-ring (bicyclic) bond motifs is 1. The highest BCUT2D eigenvalue weighted by atomic mass is 16.3. The molecule has 0 heterocycles. The molecule has 2 aromatic rings. The molecule has 18 heavy (non-hydrogen) atoms. The molecule has 0 amide bonds. The van der Waals surface area contributed by atoms with Crippen LogP contribution in [-0.2, 0) is 12.0 Å². The fraction of sp³-hybridized carbons (Fsp3) is 0.250. The van der Waals surface area contributed by atoms with Crippen molar-refractivity contribution in [1.29, 1.82) is 0 Å². The summed E-state index contributed by atoms with van der Waals surface area (Å²) < 4.78 is 0. The second kappa shape index (κ2) is 4.46. The smallest absolute Gasteiger partial charge is 0.0862 e. The van der Waals surface area contributed by atoms with Gasteiger partial charge in [0.2, 0.25) is 0 Å². The fourth-order valence-electron chi connectivity index (χ4n) is 2.82. The van der Waals surface area contributed by atoms with Gasteiger partial charge in [0.25, 0.3) is 0 Å². The Morgan fingerprint density at radius 3 is 2.50 bits per heavy atom. The Kier molecular flexibility index (Phi) is 2.80. The number of rotatable bonds is 3. The van der Waals surface area contributed by atoms with Gasteiger partial charge < -0.3 is 10.4 Å². The zero-order valence-corrected chi connectivity index (χ0v) is 10.3. The van der Waals surface area contributed by atoms with Crippen molar-refractivity contribution in [2.75, 3.05) is 11.9 Å². The predicted octanol–water partition coefficient (Wildman–Crippen LogP) is 2.93. The van der Waals surface area contributed by atoms with Gasteiger partial charge >= 0.3 is 0 Å². The fourth-order valence-corrected chi connectivity index (χ4v) is 2.82. The largest absolute Gasteiger partial charge is 0.394 e.